The lowest BCUT2D eigenvalue weighted by molar-refractivity contribution is -0.138. The summed E-state index contributed by atoms with van der Waals surface area (Å²) >= 11 is 0. The van der Waals surface area contributed by atoms with Gasteiger partial charge in [0.15, 0.2) is 0 Å². The van der Waals surface area contributed by atoms with E-state index < -0.39 is 23.4 Å². The van der Waals surface area contributed by atoms with Crippen LogP contribution in [0.2, 0.25) is 0 Å². The van der Waals surface area contributed by atoms with Crippen LogP contribution < -0.4 is 5.32 Å². The molecular formula is C16H21F3N2O2. The van der Waals surface area contributed by atoms with Crippen molar-refractivity contribution in [3.05, 3.63) is 34.9 Å². The van der Waals surface area contributed by atoms with Crippen LogP contribution in [0.3, 0.4) is 0 Å². The van der Waals surface area contributed by atoms with E-state index in [1.807, 2.05) is 13.8 Å². The van der Waals surface area contributed by atoms with Gasteiger partial charge >= 0.3 is 12.3 Å². The van der Waals surface area contributed by atoms with E-state index in [-0.39, 0.29) is 17.7 Å². The Hall–Kier alpha value is -2.23. The Balaban J connectivity index is 0.00000232. The third-order valence-corrected chi connectivity index (χ3v) is 2.37. The average Bonchev–Trinajstić information content (AvgIpc) is 2.44. The molecule has 0 aromatic heterocycles. The van der Waals surface area contributed by atoms with E-state index in [4.69, 9.17) is 10.00 Å². The minimum atomic E-state index is -4.60. The molecule has 0 aliphatic carbocycles. The number of hydrogen-bond donors (Lipinski definition) is 1. The number of alkyl halides is 3. The highest BCUT2D eigenvalue weighted by Crippen LogP contribution is 2.32. The first-order valence-corrected chi connectivity index (χ1v) is 7.10. The molecule has 1 rings (SSSR count). The summed E-state index contributed by atoms with van der Waals surface area (Å²) < 4.78 is 43.7. The van der Waals surface area contributed by atoms with Gasteiger partial charge in [0, 0.05) is 6.54 Å². The zero-order valence-electron chi connectivity index (χ0n) is 13.8. The van der Waals surface area contributed by atoms with Gasteiger partial charge in [-0.15, -0.1) is 0 Å². The minimum absolute atomic E-state index is 0.0941. The highest BCUT2D eigenvalue weighted by molar-refractivity contribution is 5.67. The van der Waals surface area contributed by atoms with E-state index in [1.54, 1.807) is 26.8 Å². The number of halogens is 3. The van der Waals surface area contributed by atoms with Crippen molar-refractivity contribution < 1.29 is 22.7 Å². The molecule has 7 heteroatoms. The lowest BCUT2D eigenvalue weighted by atomic mass is 10.0. The zero-order valence-corrected chi connectivity index (χ0v) is 13.8. The van der Waals surface area contributed by atoms with Crippen LogP contribution in [0.5, 0.6) is 0 Å². The molecule has 0 unspecified atom stereocenters. The van der Waals surface area contributed by atoms with E-state index in [0.29, 0.717) is 0 Å². The van der Waals surface area contributed by atoms with E-state index in [2.05, 4.69) is 5.32 Å². The van der Waals surface area contributed by atoms with Gasteiger partial charge in [-0.25, -0.2) is 4.79 Å². The number of benzene rings is 1. The first-order valence-electron chi connectivity index (χ1n) is 7.10. The van der Waals surface area contributed by atoms with Crippen molar-refractivity contribution in [1.29, 1.82) is 5.26 Å². The molecule has 0 saturated heterocycles. The number of amides is 1. The number of rotatable bonds is 2. The number of carbonyl (C=O) groups is 1. The van der Waals surface area contributed by atoms with Gasteiger partial charge in [-0.1, -0.05) is 19.9 Å². The summed E-state index contributed by atoms with van der Waals surface area (Å²) in [6.45, 7) is 8.61. The minimum Gasteiger partial charge on any atom is -0.444 e. The van der Waals surface area contributed by atoms with Crippen LogP contribution in [0.15, 0.2) is 18.2 Å². The van der Waals surface area contributed by atoms with Gasteiger partial charge in [-0.2, -0.15) is 18.4 Å². The van der Waals surface area contributed by atoms with Crippen LogP contribution in [-0.2, 0) is 17.5 Å². The van der Waals surface area contributed by atoms with Crippen molar-refractivity contribution in [3.8, 4) is 6.07 Å². The molecule has 0 aliphatic rings. The molecule has 1 amide bonds. The second-order valence-corrected chi connectivity index (χ2v) is 5.34. The fourth-order valence-electron chi connectivity index (χ4n) is 1.55. The number of carbonyl (C=O) groups excluding carboxylic acids is 1. The molecule has 1 N–H and O–H groups in total. The Labute approximate surface area is 134 Å². The highest BCUT2D eigenvalue weighted by Gasteiger charge is 2.33. The predicted octanol–water partition coefficient (Wildman–Crippen LogP) is 4.63. The van der Waals surface area contributed by atoms with Gasteiger partial charge in [-0.3, -0.25) is 0 Å². The molecule has 0 spiro atoms. The molecule has 1 aromatic carbocycles. The van der Waals surface area contributed by atoms with Gasteiger partial charge in [0.2, 0.25) is 0 Å². The summed E-state index contributed by atoms with van der Waals surface area (Å²) in [4.78, 5) is 11.4. The maximum atomic E-state index is 12.9. The first kappa shape index (κ1) is 20.8. The number of alkyl carbamates (subject to hydrolysis) is 1. The summed E-state index contributed by atoms with van der Waals surface area (Å²) in [7, 11) is 0. The average molecular weight is 330 g/mol. The highest BCUT2D eigenvalue weighted by atomic mass is 19.4. The van der Waals surface area contributed by atoms with E-state index in [0.717, 1.165) is 6.07 Å². The van der Waals surface area contributed by atoms with E-state index in [9.17, 15) is 18.0 Å². The van der Waals surface area contributed by atoms with E-state index >= 15 is 0 Å². The maximum absolute atomic E-state index is 12.9. The van der Waals surface area contributed by atoms with Crippen LogP contribution in [0, 0.1) is 11.3 Å². The Morgan fingerprint density at radius 1 is 1.26 bits per heavy atom. The third-order valence-electron chi connectivity index (χ3n) is 2.37. The lowest BCUT2D eigenvalue weighted by Gasteiger charge is -2.20. The van der Waals surface area contributed by atoms with Crippen molar-refractivity contribution in [2.24, 2.45) is 0 Å². The molecule has 0 fully saturated rings. The predicted molar refractivity (Wildman–Crippen MR) is 80.6 cm³/mol. The molecule has 0 radical (unpaired) electrons. The lowest BCUT2D eigenvalue weighted by Crippen LogP contribution is -2.32. The topological polar surface area (TPSA) is 62.1 Å². The summed E-state index contributed by atoms with van der Waals surface area (Å²) in [5.41, 5.74) is -1.91. The van der Waals surface area contributed by atoms with Crippen LogP contribution in [-0.4, -0.2) is 11.7 Å². The molecule has 0 bridgehead atoms. The zero-order chi connectivity index (χ0) is 18.3. The number of ether oxygens (including phenoxy) is 1. The number of nitrogens with one attached hydrogen (secondary N) is 1. The molecule has 0 atom stereocenters. The summed E-state index contributed by atoms with van der Waals surface area (Å²) in [6.07, 6.45) is -5.40. The fourth-order valence-corrected chi connectivity index (χ4v) is 1.55. The molecule has 23 heavy (non-hydrogen) atoms. The van der Waals surface area contributed by atoms with Gasteiger partial charge in [0.1, 0.15) is 5.60 Å². The number of hydrogen-bond acceptors (Lipinski definition) is 3. The molecule has 0 saturated carbocycles. The van der Waals surface area contributed by atoms with Gasteiger partial charge in [0.05, 0.1) is 17.2 Å². The second kappa shape index (κ2) is 8.42. The van der Waals surface area contributed by atoms with Crippen LogP contribution in [0.4, 0.5) is 18.0 Å². The summed E-state index contributed by atoms with van der Waals surface area (Å²) in [5, 5.41) is 10.9. The van der Waals surface area contributed by atoms with Crippen molar-refractivity contribution >= 4 is 6.09 Å². The second-order valence-electron chi connectivity index (χ2n) is 5.34. The van der Waals surface area contributed by atoms with Crippen LogP contribution in [0.1, 0.15) is 51.3 Å². The van der Waals surface area contributed by atoms with Gasteiger partial charge in [-0.05, 0) is 38.5 Å². The number of nitrogens with zero attached hydrogens (tertiary/aromatic N) is 1. The normalized spacial score (nSPS) is 10.9. The maximum Gasteiger partial charge on any atom is 0.416 e. The Morgan fingerprint density at radius 3 is 2.26 bits per heavy atom. The standard InChI is InChI=1S/C14H15F3N2O2.C2H6/c1-13(2,3)21-12(20)19-8-10-5-4-9(7-18)6-11(10)14(15,16)17;1-2/h4-6H,8H2,1-3H3,(H,19,20);1-2H3. The fraction of sp³-hybridized carbons (Fsp3) is 0.500. The third kappa shape index (κ3) is 7.54. The largest absolute Gasteiger partial charge is 0.444 e. The SMILES string of the molecule is CC.CC(C)(C)OC(=O)NCc1ccc(C#N)cc1C(F)(F)F. The van der Waals surface area contributed by atoms with E-state index in [1.165, 1.54) is 12.1 Å². The Morgan fingerprint density at radius 2 is 1.83 bits per heavy atom. The van der Waals surface area contributed by atoms with Gasteiger partial charge < -0.3 is 10.1 Å². The summed E-state index contributed by atoms with van der Waals surface area (Å²) in [6, 6.07) is 4.84. The van der Waals surface area contributed by atoms with Crippen LogP contribution >= 0.6 is 0 Å². The van der Waals surface area contributed by atoms with Crippen molar-refractivity contribution in [1.82, 2.24) is 5.32 Å². The van der Waals surface area contributed by atoms with Crippen molar-refractivity contribution in [2.75, 3.05) is 0 Å². The molecule has 4 nitrogen and oxygen atoms in total. The first-order chi connectivity index (χ1) is 10.5. The van der Waals surface area contributed by atoms with Crippen molar-refractivity contribution in [3.63, 3.8) is 0 Å². The quantitative estimate of drug-likeness (QED) is 0.860. The smallest absolute Gasteiger partial charge is 0.416 e. The molecule has 0 heterocycles. The van der Waals surface area contributed by atoms with Gasteiger partial charge in [0.25, 0.3) is 0 Å². The Bertz CT molecular complexity index is 570. The molecule has 128 valence electrons. The Kier molecular flexibility index (Phi) is 7.60. The molecular weight excluding hydrogens is 309 g/mol. The molecule has 0 aliphatic heterocycles. The molecule has 1 aromatic rings. The number of nitriles is 1. The monoisotopic (exact) mass is 330 g/mol. The van der Waals surface area contributed by atoms with Crippen LogP contribution in [0.25, 0.3) is 0 Å². The summed E-state index contributed by atoms with van der Waals surface area (Å²) in [5.74, 6) is 0. The van der Waals surface area contributed by atoms with Crippen molar-refractivity contribution in [2.45, 2.75) is 52.9 Å².